The van der Waals surface area contributed by atoms with Crippen LogP contribution in [0.3, 0.4) is 0 Å². The van der Waals surface area contributed by atoms with Crippen molar-refractivity contribution in [2.45, 2.75) is 26.3 Å². The molecule has 0 bridgehead atoms. The molecule has 4 heteroatoms. The van der Waals surface area contributed by atoms with Crippen LogP contribution in [0.1, 0.15) is 22.3 Å². The predicted octanol–water partition coefficient (Wildman–Crippen LogP) is 3.86. The topological polar surface area (TPSA) is 24.1 Å². The van der Waals surface area contributed by atoms with Gasteiger partial charge >= 0.3 is 0 Å². The number of hydrogen-bond acceptors (Lipinski definition) is 2. The Bertz CT molecular complexity index is 643. The summed E-state index contributed by atoms with van der Waals surface area (Å²) < 4.78 is 13.1. The van der Waals surface area contributed by atoms with Crippen LogP contribution in [0.4, 0.5) is 10.1 Å². The van der Waals surface area contributed by atoms with Gasteiger partial charge in [-0.1, -0.05) is 24.3 Å². The lowest BCUT2D eigenvalue weighted by Crippen LogP contribution is -2.17. The van der Waals surface area contributed by atoms with Gasteiger partial charge in [0.25, 0.3) is 0 Å². The molecule has 0 saturated carbocycles. The Morgan fingerprint density at radius 3 is 2.86 bits per heavy atom. The van der Waals surface area contributed by atoms with Crippen molar-refractivity contribution in [3.63, 3.8) is 0 Å². The fourth-order valence-corrected chi connectivity index (χ4v) is 2.94. The number of benzene rings is 2. The minimum absolute atomic E-state index is 0. The molecule has 2 N–H and O–H groups in total. The molecule has 0 fully saturated rings. The highest BCUT2D eigenvalue weighted by atomic mass is 35.5. The molecule has 1 heterocycles. The van der Waals surface area contributed by atoms with Crippen molar-refractivity contribution in [1.29, 1.82) is 0 Å². The summed E-state index contributed by atoms with van der Waals surface area (Å²) in [5.41, 5.74) is 6.30. The Morgan fingerprint density at radius 1 is 1.18 bits per heavy atom. The number of fused-ring (bicyclic) bond motifs is 1. The van der Waals surface area contributed by atoms with E-state index >= 15 is 0 Å². The van der Waals surface area contributed by atoms with E-state index in [-0.39, 0.29) is 18.2 Å². The SMILES string of the molecule is Cc1cc(F)ccc1CCNCc1cccc2c1NCC2.Cl. The molecule has 0 saturated heterocycles. The van der Waals surface area contributed by atoms with Crippen molar-refractivity contribution in [1.82, 2.24) is 5.32 Å². The maximum atomic E-state index is 13.1. The second-order valence-electron chi connectivity index (χ2n) is 5.63. The standard InChI is InChI=1S/C18H21FN2.ClH/c1-13-11-17(19)6-5-14(13)7-9-20-12-16-4-2-3-15-8-10-21-18(15)16;/h2-6,11,20-21H,7-10,12H2,1H3;1H. The van der Waals surface area contributed by atoms with E-state index in [1.165, 1.54) is 28.4 Å². The first kappa shape index (κ1) is 16.8. The number of aryl methyl sites for hydroxylation is 1. The van der Waals surface area contributed by atoms with Gasteiger partial charge in [-0.15, -0.1) is 12.4 Å². The molecule has 2 aromatic carbocycles. The van der Waals surface area contributed by atoms with Crippen LogP contribution in [-0.2, 0) is 19.4 Å². The molecule has 2 aromatic rings. The molecule has 0 unspecified atom stereocenters. The molecule has 0 amide bonds. The Kier molecular flexibility index (Phi) is 5.81. The van der Waals surface area contributed by atoms with Crippen LogP contribution in [-0.4, -0.2) is 13.1 Å². The van der Waals surface area contributed by atoms with Crippen LogP contribution < -0.4 is 10.6 Å². The fraction of sp³-hybridized carbons (Fsp3) is 0.333. The summed E-state index contributed by atoms with van der Waals surface area (Å²) in [6, 6.07) is 11.5. The molecular formula is C18H22ClFN2. The van der Waals surface area contributed by atoms with E-state index in [1.807, 2.05) is 13.0 Å². The Labute approximate surface area is 137 Å². The minimum atomic E-state index is -0.157. The molecule has 3 rings (SSSR count). The second-order valence-corrected chi connectivity index (χ2v) is 5.63. The van der Waals surface area contributed by atoms with Gasteiger partial charge in [0.2, 0.25) is 0 Å². The lowest BCUT2D eigenvalue weighted by Gasteiger charge is -2.11. The third kappa shape index (κ3) is 3.79. The number of nitrogens with one attached hydrogen (secondary N) is 2. The molecule has 0 aromatic heterocycles. The Hall–Kier alpha value is -1.58. The smallest absolute Gasteiger partial charge is 0.123 e. The van der Waals surface area contributed by atoms with Crippen molar-refractivity contribution < 1.29 is 4.39 Å². The molecule has 22 heavy (non-hydrogen) atoms. The number of para-hydroxylation sites is 1. The number of rotatable bonds is 5. The van der Waals surface area contributed by atoms with E-state index in [0.29, 0.717) is 0 Å². The summed E-state index contributed by atoms with van der Waals surface area (Å²) in [7, 11) is 0. The van der Waals surface area contributed by atoms with E-state index in [4.69, 9.17) is 0 Å². The summed E-state index contributed by atoms with van der Waals surface area (Å²) >= 11 is 0. The zero-order valence-corrected chi connectivity index (χ0v) is 13.6. The van der Waals surface area contributed by atoms with Crippen molar-refractivity contribution in [2.75, 3.05) is 18.4 Å². The van der Waals surface area contributed by atoms with Crippen molar-refractivity contribution in [2.24, 2.45) is 0 Å². The third-order valence-corrected chi connectivity index (χ3v) is 4.12. The van der Waals surface area contributed by atoms with E-state index in [0.717, 1.165) is 38.0 Å². The average molecular weight is 321 g/mol. The quantitative estimate of drug-likeness (QED) is 0.818. The largest absolute Gasteiger partial charge is 0.384 e. The highest BCUT2D eigenvalue weighted by molar-refractivity contribution is 5.85. The molecule has 0 spiro atoms. The van der Waals surface area contributed by atoms with E-state index in [9.17, 15) is 4.39 Å². The van der Waals surface area contributed by atoms with E-state index in [1.54, 1.807) is 6.07 Å². The van der Waals surface area contributed by atoms with Crippen LogP contribution in [0.15, 0.2) is 36.4 Å². The summed E-state index contributed by atoms with van der Waals surface area (Å²) in [5, 5.41) is 6.95. The summed E-state index contributed by atoms with van der Waals surface area (Å²) in [6.45, 7) is 4.78. The Balaban J connectivity index is 0.00000176. The van der Waals surface area contributed by atoms with E-state index < -0.39 is 0 Å². The summed E-state index contributed by atoms with van der Waals surface area (Å²) in [4.78, 5) is 0. The zero-order valence-electron chi connectivity index (χ0n) is 12.8. The molecule has 2 nitrogen and oxygen atoms in total. The molecule has 1 aliphatic rings. The first-order chi connectivity index (χ1) is 10.2. The highest BCUT2D eigenvalue weighted by Gasteiger charge is 2.12. The van der Waals surface area contributed by atoms with Crippen molar-refractivity contribution in [3.8, 4) is 0 Å². The molecule has 1 aliphatic heterocycles. The van der Waals surface area contributed by atoms with Crippen LogP contribution in [0.25, 0.3) is 0 Å². The van der Waals surface area contributed by atoms with Crippen molar-refractivity contribution in [3.05, 3.63) is 64.5 Å². The second kappa shape index (κ2) is 7.61. The van der Waals surface area contributed by atoms with Gasteiger partial charge in [0.15, 0.2) is 0 Å². The number of hydrogen-bond donors (Lipinski definition) is 2. The van der Waals surface area contributed by atoms with Gasteiger partial charge in [0.05, 0.1) is 0 Å². The lowest BCUT2D eigenvalue weighted by molar-refractivity contribution is 0.624. The Morgan fingerprint density at radius 2 is 2.05 bits per heavy atom. The summed E-state index contributed by atoms with van der Waals surface area (Å²) in [6.07, 6.45) is 2.05. The first-order valence-electron chi connectivity index (χ1n) is 7.54. The monoisotopic (exact) mass is 320 g/mol. The lowest BCUT2D eigenvalue weighted by atomic mass is 10.1. The van der Waals surface area contributed by atoms with Crippen LogP contribution in [0, 0.1) is 12.7 Å². The number of halogens is 2. The van der Waals surface area contributed by atoms with Crippen molar-refractivity contribution >= 4 is 18.1 Å². The van der Waals surface area contributed by atoms with Crippen LogP contribution in [0.5, 0.6) is 0 Å². The third-order valence-electron chi connectivity index (χ3n) is 4.12. The molecule has 118 valence electrons. The van der Waals surface area contributed by atoms with Crippen LogP contribution in [0.2, 0.25) is 0 Å². The fourth-order valence-electron chi connectivity index (χ4n) is 2.94. The highest BCUT2D eigenvalue weighted by Crippen LogP contribution is 2.26. The predicted molar refractivity (Wildman–Crippen MR) is 92.4 cm³/mol. The first-order valence-corrected chi connectivity index (χ1v) is 7.54. The average Bonchev–Trinajstić information content (AvgIpc) is 2.94. The number of anilines is 1. The normalized spacial score (nSPS) is 12.5. The van der Waals surface area contributed by atoms with Crippen LogP contribution >= 0.6 is 12.4 Å². The minimum Gasteiger partial charge on any atom is -0.384 e. The molecular weight excluding hydrogens is 299 g/mol. The maximum Gasteiger partial charge on any atom is 0.123 e. The van der Waals surface area contributed by atoms with Gasteiger partial charge in [0.1, 0.15) is 5.82 Å². The van der Waals surface area contributed by atoms with Gasteiger partial charge in [-0.3, -0.25) is 0 Å². The van der Waals surface area contributed by atoms with Gasteiger partial charge in [0, 0.05) is 18.8 Å². The molecule has 0 radical (unpaired) electrons. The van der Waals surface area contributed by atoms with Gasteiger partial charge in [-0.05, 0) is 60.7 Å². The van der Waals surface area contributed by atoms with E-state index in [2.05, 4.69) is 28.8 Å². The summed E-state index contributed by atoms with van der Waals surface area (Å²) in [5.74, 6) is -0.157. The van der Waals surface area contributed by atoms with Gasteiger partial charge < -0.3 is 10.6 Å². The molecule has 0 atom stereocenters. The maximum absolute atomic E-state index is 13.1. The molecule has 0 aliphatic carbocycles. The van der Waals surface area contributed by atoms with Gasteiger partial charge in [-0.25, -0.2) is 4.39 Å². The zero-order chi connectivity index (χ0) is 14.7. The van der Waals surface area contributed by atoms with Gasteiger partial charge in [-0.2, -0.15) is 0 Å².